The Bertz CT molecular complexity index is 400. The van der Waals surface area contributed by atoms with Crippen molar-refractivity contribution >= 4 is 18.3 Å². The number of carbonyl (C=O) groups is 1. The fraction of sp³-hybridized carbons (Fsp3) is 0.941. The van der Waals surface area contributed by atoms with Crippen LogP contribution in [0.4, 0.5) is 0 Å². The minimum atomic E-state index is -0.750. The molecule has 1 aliphatic carbocycles. The van der Waals surface area contributed by atoms with Gasteiger partial charge in [-0.3, -0.25) is 4.79 Å². The third-order valence-electron chi connectivity index (χ3n) is 5.59. The van der Waals surface area contributed by atoms with E-state index in [0.717, 1.165) is 19.5 Å². The van der Waals surface area contributed by atoms with E-state index in [1.807, 2.05) is 11.8 Å². The van der Waals surface area contributed by atoms with Crippen molar-refractivity contribution in [2.45, 2.75) is 65.5 Å². The van der Waals surface area contributed by atoms with E-state index in [1.54, 1.807) is 0 Å². The molecule has 5 heteroatoms. The van der Waals surface area contributed by atoms with Gasteiger partial charge in [0.1, 0.15) is 5.54 Å². The second-order valence-electron chi connectivity index (χ2n) is 7.88. The van der Waals surface area contributed by atoms with Gasteiger partial charge in [0, 0.05) is 31.5 Å². The maximum absolute atomic E-state index is 12.9. The van der Waals surface area contributed by atoms with Crippen molar-refractivity contribution in [3.63, 3.8) is 0 Å². The fourth-order valence-electron chi connectivity index (χ4n) is 3.96. The van der Waals surface area contributed by atoms with Crippen LogP contribution in [0.15, 0.2) is 0 Å². The zero-order valence-electron chi connectivity index (χ0n) is 14.7. The Morgan fingerprint density at radius 3 is 2.55 bits per heavy atom. The Morgan fingerprint density at radius 2 is 2.05 bits per heavy atom. The van der Waals surface area contributed by atoms with Crippen molar-refractivity contribution in [1.82, 2.24) is 4.90 Å². The highest BCUT2D eigenvalue weighted by Crippen LogP contribution is 2.51. The van der Waals surface area contributed by atoms with E-state index in [0.29, 0.717) is 24.9 Å². The van der Waals surface area contributed by atoms with Crippen LogP contribution in [0.3, 0.4) is 0 Å². The van der Waals surface area contributed by atoms with Crippen molar-refractivity contribution < 1.29 is 9.53 Å². The van der Waals surface area contributed by atoms with E-state index in [4.69, 9.17) is 10.5 Å². The first-order valence-electron chi connectivity index (χ1n) is 8.42. The van der Waals surface area contributed by atoms with E-state index < -0.39 is 5.54 Å². The van der Waals surface area contributed by atoms with Crippen LogP contribution in [0.25, 0.3) is 0 Å². The van der Waals surface area contributed by atoms with Crippen molar-refractivity contribution in [3.8, 4) is 0 Å². The average molecular weight is 333 g/mol. The molecule has 0 aromatic rings. The van der Waals surface area contributed by atoms with Gasteiger partial charge in [-0.2, -0.15) is 0 Å². The Kier molecular flexibility index (Phi) is 6.33. The first-order chi connectivity index (χ1) is 9.72. The molecule has 0 spiro atoms. The quantitative estimate of drug-likeness (QED) is 0.842. The van der Waals surface area contributed by atoms with Crippen LogP contribution < -0.4 is 5.73 Å². The number of rotatable bonds is 5. The maximum atomic E-state index is 12.9. The molecule has 2 rings (SSSR count). The van der Waals surface area contributed by atoms with Gasteiger partial charge < -0.3 is 15.4 Å². The van der Waals surface area contributed by atoms with Gasteiger partial charge in [0.25, 0.3) is 0 Å². The van der Waals surface area contributed by atoms with E-state index in [1.165, 1.54) is 6.42 Å². The molecule has 130 valence electrons. The Morgan fingerprint density at radius 1 is 1.41 bits per heavy atom. The molecular formula is C17H33ClN2O2. The molecular weight excluding hydrogens is 300 g/mol. The third-order valence-corrected chi connectivity index (χ3v) is 5.59. The number of likely N-dealkylation sites (tertiary alicyclic amines) is 1. The molecule has 3 atom stereocenters. The molecule has 1 saturated carbocycles. The van der Waals surface area contributed by atoms with E-state index in [9.17, 15) is 4.79 Å². The second-order valence-corrected chi connectivity index (χ2v) is 7.88. The van der Waals surface area contributed by atoms with E-state index in [2.05, 4.69) is 27.7 Å². The topological polar surface area (TPSA) is 55.6 Å². The number of hydrogen-bond donors (Lipinski definition) is 1. The van der Waals surface area contributed by atoms with Gasteiger partial charge in [-0.05, 0) is 31.6 Å². The summed E-state index contributed by atoms with van der Waals surface area (Å²) < 4.78 is 5.72. The van der Waals surface area contributed by atoms with E-state index in [-0.39, 0.29) is 29.8 Å². The Labute approximate surface area is 141 Å². The van der Waals surface area contributed by atoms with Crippen LogP contribution in [-0.2, 0) is 9.53 Å². The summed E-state index contributed by atoms with van der Waals surface area (Å²) >= 11 is 0. The van der Waals surface area contributed by atoms with Crippen LogP contribution in [0, 0.1) is 17.3 Å². The first-order valence-corrected chi connectivity index (χ1v) is 8.42. The summed E-state index contributed by atoms with van der Waals surface area (Å²) in [6.07, 6.45) is 3.07. The van der Waals surface area contributed by atoms with Crippen LogP contribution in [0.2, 0.25) is 0 Å². The number of hydrogen-bond acceptors (Lipinski definition) is 3. The molecule has 22 heavy (non-hydrogen) atoms. The van der Waals surface area contributed by atoms with Crippen LogP contribution >= 0.6 is 12.4 Å². The molecule has 1 aliphatic heterocycles. The number of ether oxygens (including phenoxy) is 1. The highest BCUT2D eigenvalue weighted by molar-refractivity contribution is 5.89. The summed E-state index contributed by atoms with van der Waals surface area (Å²) in [5, 5.41) is 0. The number of nitrogens with two attached hydrogens (primary N) is 1. The summed E-state index contributed by atoms with van der Waals surface area (Å²) in [7, 11) is 0. The van der Waals surface area contributed by atoms with Crippen molar-refractivity contribution in [3.05, 3.63) is 0 Å². The minimum Gasteiger partial charge on any atom is -0.378 e. The van der Waals surface area contributed by atoms with Gasteiger partial charge >= 0.3 is 0 Å². The van der Waals surface area contributed by atoms with Crippen LogP contribution in [-0.4, -0.2) is 42.1 Å². The molecule has 1 saturated heterocycles. The van der Waals surface area contributed by atoms with Crippen LogP contribution in [0.5, 0.6) is 0 Å². The summed E-state index contributed by atoms with van der Waals surface area (Å²) in [6, 6.07) is 0. The SMILES string of the molecule is CCOC1CC(N)(C(=O)N2CCC(CC(C)C)C2)C1(C)C.Cl. The first kappa shape index (κ1) is 19.7. The van der Waals surface area contributed by atoms with Crippen molar-refractivity contribution in [2.24, 2.45) is 23.0 Å². The molecule has 2 N–H and O–H groups in total. The zero-order valence-corrected chi connectivity index (χ0v) is 15.5. The second kappa shape index (κ2) is 7.06. The average Bonchev–Trinajstić information content (AvgIpc) is 2.84. The maximum Gasteiger partial charge on any atom is 0.243 e. The zero-order chi connectivity index (χ0) is 15.8. The number of nitrogens with zero attached hydrogens (tertiary/aromatic N) is 1. The largest absolute Gasteiger partial charge is 0.378 e. The normalized spacial score (nSPS) is 33.5. The third kappa shape index (κ3) is 3.29. The number of carbonyl (C=O) groups excluding carboxylic acids is 1. The molecule has 2 aliphatic rings. The lowest BCUT2D eigenvalue weighted by Gasteiger charge is -2.58. The minimum absolute atomic E-state index is 0. The van der Waals surface area contributed by atoms with E-state index >= 15 is 0 Å². The Hall–Kier alpha value is -0.320. The van der Waals surface area contributed by atoms with Gasteiger partial charge in [-0.25, -0.2) is 0 Å². The lowest BCUT2D eigenvalue weighted by molar-refractivity contribution is -0.178. The number of amides is 1. The molecule has 0 bridgehead atoms. The number of halogens is 1. The van der Waals surface area contributed by atoms with Gasteiger partial charge in [0.15, 0.2) is 0 Å². The molecule has 1 heterocycles. The predicted octanol–water partition coefficient (Wildman–Crippen LogP) is 2.84. The Balaban J connectivity index is 0.00000242. The monoisotopic (exact) mass is 332 g/mol. The smallest absolute Gasteiger partial charge is 0.243 e. The lowest BCUT2D eigenvalue weighted by atomic mass is 9.54. The molecule has 1 amide bonds. The van der Waals surface area contributed by atoms with Crippen LogP contribution in [0.1, 0.15) is 53.9 Å². The summed E-state index contributed by atoms with van der Waals surface area (Å²) in [5.41, 5.74) is 5.47. The molecule has 2 fully saturated rings. The summed E-state index contributed by atoms with van der Waals surface area (Å²) in [5.74, 6) is 1.47. The lowest BCUT2D eigenvalue weighted by Crippen LogP contribution is -2.75. The highest BCUT2D eigenvalue weighted by Gasteiger charge is 2.64. The highest BCUT2D eigenvalue weighted by atomic mass is 35.5. The summed E-state index contributed by atoms with van der Waals surface area (Å²) in [6.45, 7) is 13.0. The molecule has 0 aromatic carbocycles. The van der Waals surface area contributed by atoms with Gasteiger partial charge in [0.2, 0.25) is 5.91 Å². The molecule has 0 radical (unpaired) electrons. The summed E-state index contributed by atoms with van der Waals surface area (Å²) in [4.78, 5) is 14.9. The molecule has 3 unspecified atom stereocenters. The van der Waals surface area contributed by atoms with Crippen molar-refractivity contribution in [2.75, 3.05) is 19.7 Å². The predicted molar refractivity (Wildman–Crippen MR) is 92.1 cm³/mol. The van der Waals surface area contributed by atoms with Gasteiger partial charge in [0.05, 0.1) is 6.10 Å². The van der Waals surface area contributed by atoms with Crippen molar-refractivity contribution in [1.29, 1.82) is 0 Å². The standard InChI is InChI=1S/C17H32N2O2.ClH/c1-6-21-14-10-17(18,16(14,4)5)15(20)19-8-7-13(11-19)9-12(2)3;/h12-14H,6-11,18H2,1-5H3;1H. The fourth-order valence-corrected chi connectivity index (χ4v) is 3.96. The molecule has 4 nitrogen and oxygen atoms in total. The van der Waals surface area contributed by atoms with Gasteiger partial charge in [-0.1, -0.05) is 27.7 Å². The van der Waals surface area contributed by atoms with Gasteiger partial charge in [-0.15, -0.1) is 12.4 Å². The molecule has 0 aromatic heterocycles.